The number of sulfonamides is 1. The Balaban J connectivity index is 2.14. The molecule has 1 aromatic heterocycles. The minimum Gasteiger partial charge on any atom is -0.379 e. The van der Waals surface area contributed by atoms with Crippen LogP contribution in [0, 0.1) is 6.92 Å². The van der Waals surface area contributed by atoms with Crippen molar-refractivity contribution in [1.82, 2.24) is 19.0 Å². The van der Waals surface area contributed by atoms with Crippen molar-refractivity contribution in [1.29, 1.82) is 0 Å². The van der Waals surface area contributed by atoms with E-state index in [1.54, 1.807) is 18.3 Å². The second kappa shape index (κ2) is 10.0. The van der Waals surface area contributed by atoms with Crippen LogP contribution in [-0.2, 0) is 21.8 Å². The number of halogens is 1. The first-order chi connectivity index (χ1) is 12.4. The molecule has 2 heterocycles. The second-order valence-electron chi connectivity index (χ2n) is 6.75. The molecular weight excluding hydrogens is 376 g/mol. The molecule has 26 heavy (non-hydrogen) atoms. The van der Waals surface area contributed by atoms with E-state index in [4.69, 9.17) is 16.3 Å². The number of unbranched alkanes of at least 4 members (excludes halogenated alkanes) is 3. The summed E-state index contributed by atoms with van der Waals surface area (Å²) in [5, 5.41) is 4.34. The lowest BCUT2D eigenvalue weighted by atomic mass is 10.2. The normalized spacial score (nSPS) is 16.5. The highest BCUT2D eigenvalue weighted by atomic mass is 35.5. The predicted molar refractivity (Wildman–Crippen MR) is 103 cm³/mol. The van der Waals surface area contributed by atoms with Gasteiger partial charge in [-0.3, -0.25) is 9.58 Å². The molecule has 0 N–H and O–H groups in total. The molecule has 0 aliphatic carbocycles. The lowest BCUT2D eigenvalue weighted by molar-refractivity contribution is 0.0362. The number of aryl methyl sites for hydroxylation is 2. The molecule has 2 rings (SSSR count). The SMILES string of the molecule is CCCCCCN(CCN1CCOCC1)S(=O)(=O)c1c(C)nn(C)c1Cl. The highest BCUT2D eigenvalue weighted by Gasteiger charge is 2.31. The zero-order valence-corrected chi connectivity index (χ0v) is 17.7. The minimum atomic E-state index is -3.67. The van der Waals surface area contributed by atoms with Gasteiger partial charge in [-0.05, 0) is 13.3 Å². The Hall–Kier alpha value is -0.670. The van der Waals surface area contributed by atoms with Gasteiger partial charge in [0, 0.05) is 39.8 Å². The van der Waals surface area contributed by atoms with Gasteiger partial charge in [-0.15, -0.1) is 0 Å². The Kier molecular flexibility index (Phi) is 8.35. The topological polar surface area (TPSA) is 67.7 Å². The third-order valence-electron chi connectivity index (χ3n) is 4.73. The molecular formula is C17H31ClN4O3S. The Morgan fingerprint density at radius 3 is 2.46 bits per heavy atom. The largest absolute Gasteiger partial charge is 0.379 e. The number of hydrogen-bond donors (Lipinski definition) is 0. The van der Waals surface area contributed by atoms with Crippen LogP contribution in [0.5, 0.6) is 0 Å². The first-order valence-corrected chi connectivity index (χ1v) is 11.2. The van der Waals surface area contributed by atoms with Gasteiger partial charge in [0.25, 0.3) is 0 Å². The summed E-state index contributed by atoms with van der Waals surface area (Å²) < 4.78 is 34.9. The summed E-state index contributed by atoms with van der Waals surface area (Å²) in [6, 6.07) is 0. The van der Waals surface area contributed by atoms with E-state index in [1.807, 2.05) is 0 Å². The lowest BCUT2D eigenvalue weighted by Gasteiger charge is -2.29. The van der Waals surface area contributed by atoms with Gasteiger partial charge in [0.1, 0.15) is 10.0 Å². The first kappa shape index (κ1) is 21.6. The fraction of sp³-hybridized carbons (Fsp3) is 0.824. The molecule has 150 valence electrons. The highest BCUT2D eigenvalue weighted by Crippen LogP contribution is 2.27. The fourth-order valence-electron chi connectivity index (χ4n) is 3.18. The Labute approximate surface area is 162 Å². The molecule has 0 amide bonds. The zero-order valence-electron chi connectivity index (χ0n) is 16.1. The lowest BCUT2D eigenvalue weighted by Crippen LogP contribution is -2.43. The van der Waals surface area contributed by atoms with Crippen LogP contribution < -0.4 is 0 Å². The van der Waals surface area contributed by atoms with Gasteiger partial charge in [0.05, 0.1) is 18.9 Å². The summed E-state index contributed by atoms with van der Waals surface area (Å²) in [5.74, 6) is 0. The average molecular weight is 407 g/mol. The van der Waals surface area contributed by atoms with E-state index in [-0.39, 0.29) is 10.0 Å². The predicted octanol–water partition coefficient (Wildman–Crippen LogP) is 2.29. The summed E-state index contributed by atoms with van der Waals surface area (Å²) in [7, 11) is -2.01. The molecule has 9 heteroatoms. The van der Waals surface area contributed by atoms with Crippen molar-refractivity contribution in [2.75, 3.05) is 45.9 Å². The van der Waals surface area contributed by atoms with Crippen LogP contribution in [0.2, 0.25) is 5.15 Å². The number of aromatic nitrogens is 2. The van der Waals surface area contributed by atoms with E-state index in [9.17, 15) is 8.42 Å². The van der Waals surface area contributed by atoms with Gasteiger partial charge < -0.3 is 4.74 Å². The Morgan fingerprint density at radius 1 is 1.19 bits per heavy atom. The second-order valence-corrected chi connectivity index (χ2v) is 8.98. The number of ether oxygens (including phenoxy) is 1. The van der Waals surface area contributed by atoms with E-state index in [0.29, 0.717) is 38.5 Å². The third kappa shape index (κ3) is 5.42. The summed E-state index contributed by atoms with van der Waals surface area (Å²) in [5.41, 5.74) is 0.447. The highest BCUT2D eigenvalue weighted by molar-refractivity contribution is 7.89. The van der Waals surface area contributed by atoms with Crippen molar-refractivity contribution in [3.63, 3.8) is 0 Å². The fourth-order valence-corrected chi connectivity index (χ4v) is 5.35. The van der Waals surface area contributed by atoms with Gasteiger partial charge in [-0.25, -0.2) is 8.42 Å². The Bertz CT molecular complexity index is 672. The molecule has 0 aromatic carbocycles. The summed E-state index contributed by atoms with van der Waals surface area (Å²) >= 11 is 6.24. The van der Waals surface area contributed by atoms with Crippen LogP contribution in [0.4, 0.5) is 0 Å². The van der Waals surface area contributed by atoms with E-state index >= 15 is 0 Å². The molecule has 7 nitrogen and oxygen atoms in total. The molecule has 1 fully saturated rings. The zero-order chi connectivity index (χ0) is 19.2. The maximum absolute atomic E-state index is 13.3. The van der Waals surface area contributed by atoms with Crippen molar-refractivity contribution in [2.45, 2.75) is 44.4 Å². The van der Waals surface area contributed by atoms with Crippen LogP contribution in [0.15, 0.2) is 4.90 Å². The molecule has 0 spiro atoms. The maximum Gasteiger partial charge on any atom is 0.248 e. The van der Waals surface area contributed by atoms with Crippen LogP contribution in [-0.4, -0.2) is 73.3 Å². The van der Waals surface area contributed by atoms with Crippen molar-refractivity contribution in [3.8, 4) is 0 Å². The van der Waals surface area contributed by atoms with Gasteiger partial charge in [-0.1, -0.05) is 37.8 Å². The van der Waals surface area contributed by atoms with Crippen molar-refractivity contribution < 1.29 is 13.2 Å². The standard InChI is InChI=1S/C17H31ClN4O3S/c1-4-5-6-7-8-22(10-9-21-11-13-25-14-12-21)26(23,24)16-15(2)19-20(3)17(16)18/h4-14H2,1-3H3. The minimum absolute atomic E-state index is 0.138. The number of hydrogen-bond acceptors (Lipinski definition) is 5. The van der Waals surface area contributed by atoms with Gasteiger partial charge in [0.15, 0.2) is 0 Å². The number of nitrogens with zero attached hydrogens (tertiary/aromatic N) is 4. The van der Waals surface area contributed by atoms with Gasteiger partial charge in [0.2, 0.25) is 10.0 Å². The number of rotatable bonds is 10. The molecule has 1 saturated heterocycles. The molecule has 0 unspecified atom stereocenters. The van der Waals surface area contributed by atoms with Crippen LogP contribution in [0.3, 0.4) is 0 Å². The van der Waals surface area contributed by atoms with E-state index < -0.39 is 10.0 Å². The van der Waals surface area contributed by atoms with Gasteiger partial charge >= 0.3 is 0 Å². The molecule has 0 radical (unpaired) electrons. The molecule has 0 atom stereocenters. The monoisotopic (exact) mass is 406 g/mol. The van der Waals surface area contributed by atoms with Crippen molar-refractivity contribution >= 4 is 21.6 Å². The maximum atomic E-state index is 13.3. The van der Waals surface area contributed by atoms with E-state index in [0.717, 1.165) is 38.8 Å². The van der Waals surface area contributed by atoms with Crippen molar-refractivity contribution in [3.05, 3.63) is 10.8 Å². The van der Waals surface area contributed by atoms with E-state index in [2.05, 4.69) is 16.9 Å². The van der Waals surface area contributed by atoms with Crippen LogP contribution >= 0.6 is 11.6 Å². The number of morpholine rings is 1. The quantitative estimate of drug-likeness (QED) is 0.557. The summed E-state index contributed by atoms with van der Waals surface area (Å²) in [6.07, 6.45) is 4.12. The molecule has 0 bridgehead atoms. The summed E-state index contributed by atoms with van der Waals surface area (Å²) in [6.45, 7) is 8.60. The molecule has 1 aliphatic rings. The third-order valence-corrected chi connectivity index (χ3v) is 7.32. The van der Waals surface area contributed by atoms with Gasteiger partial charge in [-0.2, -0.15) is 9.40 Å². The van der Waals surface area contributed by atoms with Crippen LogP contribution in [0.25, 0.3) is 0 Å². The van der Waals surface area contributed by atoms with Crippen LogP contribution in [0.1, 0.15) is 38.3 Å². The average Bonchev–Trinajstić information content (AvgIpc) is 2.87. The summed E-state index contributed by atoms with van der Waals surface area (Å²) in [4.78, 5) is 2.38. The Morgan fingerprint density at radius 2 is 1.88 bits per heavy atom. The molecule has 1 aromatic rings. The van der Waals surface area contributed by atoms with Crippen molar-refractivity contribution in [2.24, 2.45) is 7.05 Å². The molecule has 1 aliphatic heterocycles. The first-order valence-electron chi connectivity index (χ1n) is 9.37. The van der Waals surface area contributed by atoms with E-state index in [1.165, 1.54) is 4.68 Å². The smallest absolute Gasteiger partial charge is 0.248 e. The molecule has 0 saturated carbocycles.